The summed E-state index contributed by atoms with van der Waals surface area (Å²) in [5, 5.41) is 8.72. The topological polar surface area (TPSA) is 58.8 Å². The van der Waals surface area contributed by atoms with E-state index in [4.69, 9.17) is 10.00 Å². The molecule has 1 fully saturated rings. The van der Waals surface area contributed by atoms with E-state index in [2.05, 4.69) is 16.9 Å². The molecule has 1 aromatic rings. The Bertz CT molecular complexity index is 413. The van der Waals surface area contributed by atoms with Gasteiger partial charge in [-0.05, 0) is 30.7 Å². The second kappa shape index (κ2) is 5.62. The van der Waals surface area contributed by atoms with Crippen molar-refractivity contribution in [1.29, 1.82) is 5.26 Å². The van der Waals surface area contributed by atoms with Crippen molar-refractivity contribution < 1.29 is 4.74 Å². The zero-order valence-corrected chi connectivity index (χ0v) is 10.1. The quantitative estimate of drug-likeness (QED) is 0.802. The monoisotopic (exact) mass is 231 g/mol. The van der Waals surface area contributed by atoms with Gasteiger partial charge in [-0.3, -0.25) is 0 Å². The van der Waals surface area contributed by atoms with Gasteiger partial charge in [-0.1, -0.05) is 19.8 Å². The third-order valence-electron chi connectivity index (χ3n) is 3.24. The molecule has 2 unspecified atom stereocenters. The van der Waals surface area contributed by atoms with Crippen molar-refractivity contribution in [2.24, 2.45) is 11.8 Å². The van der Waals surface area contributed by atoms with Crippen LogP contribution < -0.4 is 4.74 Å². The van der Waals surface area contributed by atoms with E-state index >= 15 is 0 Å². The molecule has 0 aromatic carbocycles. The summed E-state index contributed by atoms with van der Waals surface area (Å²) in [5.41, 5.74) is 0.354. The van der Waals surface area contributed by atoms with E-state index in [0.717, 1.165) is 5.92 Å². The molecule has 17 heavy (non-hydrogen) atoms. The van der Waals surface area contributed by atoms with E-state index < -0.39 is 0 Å². The van der Waals surface area contributed by atoms with E-state index in [0.29, 0.717) is 24.2 Å². The molecule has 1 heterocycles. The van der Waals surface area contributed by atoms with Gasteiger partial charge in [0.25, 0.3) is 0 Å². The molecule has 0 radical (unpaired) electrons. The first-order chi connectivity index (χ1) is 8.28. The zero-order chi connectivity index (χ0) is 12.1. The molecule has 1 aromatic heterocycles. The molecule has 0 aliphatic heterocycles. The summed E-state index contributed by atoms with van der Waals surface area (Å²) < 4.78 is 5.56. The maximum atomic E-state index is 8.72. The van der Waals surface area contributed by atoms with Gasteiger partial charge in [0.1, 0.15) is 11.8 Å². The molecule has 4 heteroatoms. The van der Waals surface area contributed by atoms with Crippen molar-refractivity contribution in [1.82, 2.24) is 9.97 Å². The number of aromatic nitrogens is 2. The van der Waals surface area contributed by atoms with Gasteiger partial charge in [0.05, 0.1) is 6.61 Å². The highest BCUT2D eigenvalue weighted by molar-refractivity contribution is 5.19. The Hall–Kier alpha value is -1.63. The Morgan fingerprint density at radius 2 is 2.41 bits per heavy atom. The van der Waals surface area contributed by atoms with Crippen LogP contribution in [0.5, 0.6) is 6.01 Å². The van der Waals surface area contributed by atoms with Crippen LogP contribution in [0.2, 0.25) is 0 Å². The summed E-state index contributed by atoms with van der Waals surface area (Å²) in [6, 6.07) is 3.88. The zero-order valence-electron chi connectivity index (χ0n) is 10.1. The van der Waals surface area contributed by atoms with E-state index in [9.17, 15) is 0 Å². The van der Waals surface area contributed by atoms with Crippen LogP contribution in [0, 0.1) is 23.2 Å². The van der Waals surface area contributed by atoms with Gasteiger partial charge in [0, 0.05) is 6.20 Å². The van der Waals surface area contributed by atoms with Crippen molar-refractivity contribution in [3.05, 3.63) is 18.0 Å². The summed E-state index contributed by atoms with van der Waals surface area (Å²) in [5.74, 6) is 1.40. The molecule has 0 N–H and O–H groups in total. The van der Waals surface area contributed by atoms with Crippen LogP contribution in [-0.2, 0) is 0 Å². The van der Waals surface area contributed by atoms with Crippen molar-refractivity contribution >= 4 is 0 Å². The minimum absolute atomic E-state index is 0.322. The lowest BCUT2D eigenvalue weighted by molar-refractivity contribution is 0.172. The van der Waals surface area contributed by atoms with Crippen molar-refractivity contribution in [3.63, 3.8) is 0 Å². The maximum absolute atomic E-state index is 8.72. The van der Waals surface area contributed by atoms with Gasteiger partial charge < -0.3 is 4.74 Å². The predicted molar refractivity (Wildman–Crippen MR) is 63.4 cm³/mol. The summed E-state index contributed by atoms with van der Waals surface area (Å²) >= 11 is 0. The number of nitrogens with zero attached hydrogens (tertiary/aromatic N) is 3. The molecular weight excluding hydrogens is 214 g/mol. The third-order valence-corrected chi connectivity index (χ3v) is 3.24. The van der Waals surface area contributed by atoms with Crippen LogP contribution in [0.1, 0.15) is 38.3 Å². The van der Waals surface area contributed by atoms with Crippen LogP contribution in [-0.4, -0.2) is 16.6 Å². The number of rotatable bonds is 3. The molecule has 2 atom stereocenters. The predicted octanol–water partition coefficient (Wildman–Crippen LogP) is 2.55. The second-order valence-electron chi connectivity index (χ2n) is 4.79. The summed E-state index contributed by atoms with van der Waals surface area (Å²) in [4.78, 5) is 8.01. The standard InChI is InChI=1S/C13H17N3O/c1-10-3-2-4-11(7-10)9-17-13-15-6-5-12(8-14)16-13/h5-6,10-11H,2-4,7,9H2,1H3. The van der Waals surface area contributed by atoms with Crippen LogP contribution in [0.25, 0.3) is 0 Å². The first-order valence-corrected chi connectivity index (χ1v) is 6.14. The van der Waals surface area contributed by atoms with Gasteiger partial charge in [-0.2, -0.15) is 10.2 Å². The van der Waals surface area contributed by atoms with Crippen LogP contribution >= 0.6 is 0 Å². The smallest absolute Gasteiger partial charge is 0.317 e. The Balaban J connectivity index is 1.87. The third kappa shape index (κ3) is 3.42. The molecule has 2 rings (SSSR count). The van der Waals surface area contributed by atoms with E-state index in [1.54, 1.807) is 12.3 Å². The Kier molecular flexibility index (Phi) is 3.92. The lowest BCUT2D eigenvalue weighted by atomic mass is 9.83. The molecule has 0 spiro atoms. The molecule has 1 aliphatic carbocycles. The average molecular weight is 231 g/mol. The molecule has 0 bridgehead atoms. The van der Waals surface area contributed by atoms with Crippen molar-refractivity contribution in [2.45, 2.75) is 32.6 Å². The highest BCUT2D eigenvalue weighted by Gasteiger charge is 2.19. The summed E-state index contributed by atoms with van der Waals surface area (Å²) in [6.45, 7) is 2.96. The minimum atomic E-state index is 0.322. The fraction of sp³-hybridized carbons (Fsp3) is 0.615. The van der Waals surface area contributed by atoms with Crippen molar-refractivity contribution in [3.8, 4) is 12.1 Å². The molecular formula is C13H17N3O. The van der Waals surface area contributed by atoms with Crippen LogP contribution in [0.15, 0.2) is 12.3 Å². The normalized spacial score (nSPS) is 24.0. The largest absolute Gasteiger partial charge is 0.463 e. The molecule has 90 valence electrons. The van der Waals surface area contributed by atoms with Crippen molar-refractivity contribution in [2.75, 3.05) is 6.61 Å². The van der Waals surface area contributed by atoms with E-state index in [1.807, 2.05) is 6.07 Å². The minimum Gasteiger partial charge on any atom is -0.463 e. The fourth-order valence-electron chi connectivity index (χ4n) is 2.38. The maximum Gasteiger partial charge on any atom is 0.317 e. The second-order valence-corrected chi connectivity index (χ2v) is 4.79. The Labute approximate surface area is 102 Å². The molecule has 1 saturated carbocycles. The van der Waals surface area contributed by atoms with Gasteiger partial charge in [0.15, 0.2) is 0 Å². The summed E-state index contributed by atoms with van der Waals surface area (Å²) in [6.07, 6.45) is 6.62. The highest BCUT2D eigenvalue weighted by Crippen LogP contribution is 2.28. The average Bonchev–Trinajstić information content (AvgIpc) is 2.37. The molecule has 0 amide bonds. The van der Waals surface area contributed by atoms with Gasteiger partial charge in [-0.25, -0.2) is 4.98 Å². The van der Waals surface area contributed by atoms with Gasteiger partial charge in [-0.15, -0.1) is 0 Å². The van der Waals surface area contributed by atoms with Crippen LogP contribution in [0.4, 0.5) is 0 Å². The van der Waals surface area contributed by atoms with E-state index in [-0.39, 0.29) is 0 Å². The lowest BCUT2D eigenvalue weighted by Crippen LogP contribution is -2.20. The number of ether oxygens (including phenoxy) is 1. The first-order valence-electron chi connectivity index (χ1n) is 6.14. The lowest BCUT2D eigenvalue weighted by Gasteiger charge is -2.26. The number of hydrogen-bond donors (Lipinski definition) is 0. The Morgan fingerprint density at radius 1 is 1.53 bits per heavy atom. The van der Waals surface area contributed by atoms with E-state index in [1.165, 1.54) is 25.7 Å². The molecule has 4 nitrogen and oxygen atoms in total. The number of hydrogen-bond acceptors (Lipinski definition) is 4. The summed E-state index contributed by atoms with van der Waals surface area (Å²) in [7, 11) is 0. The van der Waals surface area contributed by atoms with Gasteiger partial charge >= 0.3 is 6.01 Å². The highest BCUT2D eigenvalue weighted by atomic mass is 16.5. The number of nitriles is 1. The molecule has 0 saturated heterocycles. The molecule has 1 aliphatic rings. The fourth-order valence-corrected chi connectivity index (χ4v) is 2.38. The Morgan fingerprint density at radius 3 is 3.18 bits per heavy atom. The van der Waals surface area contributed by atoms with Gasteiger partial charge in [0.2, 0.25) is 0 Å². The van der Waals surface area contributed by atoms with Crippen LogP contribution in [0.3, 0.4) is 0 Å². The SMILES string of the molecule is CC1CCCC(COc2nccc(C#N)n2)C1. The first kappa shape index (κ1) is 11.8.